The van der Waals surface area contributed by atoms with E-state index in [0.29, 0.717) is 41.9 Å². The number of methoxy groups -OCH3 is 1. The van der Waals surface area contributed by atoms with Crippen molar-refractivity contribution >= 4 is 5.97 Å². The number of fused-ring (bicyclic) bond motifs is 5. The molecular weight excluding hydrogens is 390 g/mol. The first-order valence-corrected chi connectivity index (χ1v) is 12.5. The quantitative estimate of drug-likeness (QED) is 0.255. The Morgan fingerprint density at radius 3 is 2.58 bits per heavy atom. The van der Waals surface area contributed by atoms with E-state index >= 15 is 0 Å². The molecule has 0 spiro atoms. The number of ether oxygens (including phenoxy) is 1. The van der Waals surface area contributed by atoms with Crippen LogP contribution in [0.15, 0.2) is 5.11 Å². The molecule has 4 aliphatic carbocycles. The minimum absolute atomic E-state index is 0.103. The highest BCUT2D eigenvalue weighted by Crippen LogP contribution is 2.68. The van der Waals surface area contributed by atoms with Crippen LogP contribution in [0.4, 0.5) is 0 Å². The molecule has 4 fully saturated rings. The number of carbonyl (C=O) groups is 1. The Morgan fingerprint density at radius 2 is 1.87 bits per heavy atom. The summed E-state index contributed by atoms with van der Waals surface area (Å²) >= 11 is 0. The van der Waals surface area contributed by atoms with Gasteiger partial charge < -0.3 is 9.84 Å². The molecule has 4 aliphatic rings. The van der Waals surface area contributed by atoms with Crippen LogP contribution in [0.3, 0.4) is 0 Å². The molecule has 0 bridgehead atoms. The van der Waals surface area contributed by atoms with Gasteiger partial charge in [-0.2, -0.15) is 0 Å². The monoisotopic (exact) mass is 431 g/mol. The molecule has 0 saturated heterocycles. The van der Waals surface area contributed by atoms with E-state index in [4.69, 9.17) is 10.3 Å². The van der Waals surface area contributed by atoms with E-state index in [1.54, 1.807) is 0 Å². The number of carbonyl (C=O) groups excluding carboxylic acids is 1. The van der Waals surface area contributed by atoms with Gasteiger partial charge in [0.05, 0.1) is 13.2 Å². The van der Waals surface area contributed by atoms with Gasteiger partial charge in [-0.15, -0.1) is 0 Å². The molecule has 6 nitrogen and oxygen atoms in total. The molecule has 0 aliphatic heterocycles. The van der Waals surface area contributed by atoms with Crippen molar-refractivity contribution in [3.63, 3.8) is 0 Å². The van der Waals surface area contributed by atoms with Crippen LogP contribution in [0.25, 0.3) is 10.4 Å². The lowest BCUT2D eigenvalue weighted by atomic mass is 9.43. The van der Waals surface area contributed by atoms with Gasteiger partial charge in [-0.3, -0.25) is 4.79 Å². The lowest BCUT2D eigenvalue weighted by Crippen LogP contribution is -2.58. The summed E-state index contributed by atoms with van der Waals surface area (Å²) < 4.78 is 4.87. The summed E-state index contributed by atoms with van der Waals surface area (Å²) in [5, 5.41) is 15.4. The fraction of sp³-hybridized carbons (Fsp3) is 0.960. The van der Waals surface area contributed by atoms with Gasteiger partial charge in [-0.05, 0) is 110 Å². The zero-order valence-electron chi connectivity index (χ0n) is 19.8. The van der Waals surface area contributed by atoms with Gasteiger partial charge in [0, 0.05) is 17.4 Å². The molecule has 4 rings (SSSR count). The Kier molecular flexibility index (Phi) is 6.35. The number of rotatable bonds is 5. The summed E-state index contributed by atoms with van der Waals surface area (Å²) in [6.45, 7) is 7.28. The fourth-order valence-corrected chi connectivity index (χ4v) is 9.00. The largest absolute Gasteiger partial charge is 0.469 e. The molecule has 10 atom stereocenters. The Bertz CT molecular complexity index is 738. The van der Waals surface area contributed by atoms with Crippen LogP contribution in [0, 0.1) is 46.3 Å². The van der Waals surface area contributed by atoms with Crippen LogP contribution in [-0.2, 0) is 9.53 Å². The molecule has 0 aromatic heterocycles. The highest BCUT2D eigenvalue weighted by Gasteiger charge is 2.62. The molecule has 0 amide bonds. The highest BCUT2D eigenvalue weighted by molar-refractivity contribution is 5.69. The molecule has 0 aromatic carbocycles. The van der Waals surface area contributed by atoms with Gasteiger partial charge in [-0.25, -0.2) is 0 Å². The normalized spacial score (nSPS) is 47.3. The van der Waals surface area contributed by atoms with E-state index in [1.165, 1.54) is 32.8 Å². The summed E-state index contributed by atoms with van der Waals surface area (Å²) in [5.74, 6) is 3.06. The van der Waals surface area contributed by atoms with E-state index in [9.17, 15) is 9.90 Å². The molecule has 0 heterocycles. The minimum atomic E-state index is -0.235. The van der Waals surface area contributed by atoms with Crippen molar-refractivity contribution in [3.8, 4) is 0 Å². The van der Waals surface area contributed by atoms with Gasteiger partial charge >= 0.3 is 5.97 Å². The minimum Gasteiger partial charge on any atom is -0.469 e. The molecule has 4 saturated carbocycles. The maximum atomic E-state index is 11.7. The number of esters is 1. The third-order valence-electron chi connectivity index (χ3n) is 10.7. The van der Waals surface area contributed by atoms with E-state index in [0.717, 1.165) is 32.1 Å². The van der Waals surface area contributed by atoms with E-state index in [2.05, 4.69) is 30.8 Å². The van der Waals surface area contributed by atoms with Crippen molar-refractivity contribution in [1.29, 1.82) is 0 Å². The van der Waals surface area contributed by atoms with Crippen molar-refractivity contribution in [2.45, 2.75) is 97.1 Å². The maximum absolute atomic E-state index is 11.7. The second-order valence-corrected chi connectivity index (χ2v) is 11.7. The number of hydrogen-bond donors (Lipinski definition) is 1. The van der Waals surface area contributed by atoms with Crippen LogP contribution in [-0.4, -0.2) is 30.3 Å². The molecule has 1 N–H and O–H groups in total. The summed E-state index contributed by atoms with van der Waals surface area (Å²) in [4.78, 5) is 14.7. The SMILES string of the molecule is COC(=O)CC[C@@H](C)[C@H]1CC[C@@H]2C3C(O)CC4C[C@H](N=[N+]=[N-])CC[C@]4(C)[C@@H]3CC[C@@]21C. The van der Waals surface area contributed by atoms with Crippen LogP contribution in [0.5, 0.6) is 0 Å². The standard InChI is InChI=1S/C25H41N3O3/c1-15(5-8-22(30)31-4)18-6-7-19-23-20(10-12-25(18,19)3)24(2)11-9-17(27-28-26)13-16(24)14-21(23)29/h15-21,23,29H,5-14H2,1-4H3/t15-,16?,17-,18-,19-,20-,21?,23?,24+,25-/m1/s1. The maximum Gasteiger partial charge on any atom is 0.305 e. The Labute approximate surface area is 187 Å². The number of aliphatic hydroxyl groups excluding tert-OH is 1. The second-order valence-electron chi connectivity index (χ2n) is 11.7. The van der Waals surface area contributed by atoms with E-state index in [-0.39, 0.29) is 28.9 Å². The third kappa shape index (κ3) is 3.78. The molecule has 6 heteroatoms. The van der Waals surface area contributed by atoms with Crippen LogP contribution >= 0.6 is 0 Å². The summed E-state index contributed by atoms with van der Waals surface area (Å²) in [5.41, 5.74) is 9.42. The van der Waals surface area contributed by atoms with Gasteiger partial charge in [0.25, 0.3) is 0 Å². The van der Waals surface area contributed by atoms with Crippen molar-refractivity contribution in [1.82, 2.24) is 0 Å². The highest BCUT2D eigenvalue weighted by atomic mass is 16.5. The van der Waals surface area contributed by atoms with Crippen molar-refractivity contribution in [2.24, 2.45) is 51.5 Å². The van der Waals surface area contributed by atoms with E-state index < -0.39 is 0 Å². The molecule has 31 heavy (non-hydrogen) atoms. The second kappa shape index (κ2) is 8.59. The average molecular weight is 432 g/mol. The average Bonchev–Trinajstić information content (AvgIpc) is 3.10. The van der Waals surface area contributed by atoms with Gasteiger partial charge in [0.15, 0.2) is 0 Å². The fourth-order valence-electron chi connectivity index (χ4n) is 9.00. The Morgan fingerprint density at radius 1 is 1.16 bits per heavy atom. The Hall–Kier alpha value is -1.26. The topological polar surface area (TPSA) is 95.3 Å². The molecule has 0 radical (unpaired) electrons. The van der Waals surface area contributed by atoms with Gasteiger partial charge in [-0.1, -0.05) is 25.9 Å². The summed E-state index contributed by atoms with van der Waals surface area (Å²) in [6.07, 6.45) is 9.97. The first-order valence-electron chi connectivity index (χ1n) is 12.5. The lowest BCUT2D eigenvalue weighted by molar-refractivity contribution is -0.166. The zero-order valence-corrected chi connectivity index (χ0v) is 19.8. The summed E-state index contributed by atoms with van der Waals surface area (Å²) in [7, 11) is 1.47. The Balaban J connectivity index is 1.52. The number of hydrogen-bond acceptors (Lipinski definition) is 4. The lowest BCUT2D eigenvalue weighted by Gasteiger charge is -2.62. The predicted molar refractivity (Wildman–Crippen MR) is 120 cm³/mol. The third-order valence-corrected chi connectivity index (χ3v) is 10.7. The summed E-state index contributed by atoms with van der Waals surface area (Å²) in [6, 6.07) is 0.104. The van der Waals surface area contributed by atoms with Crippen LogP contribution < -0.4 is 0 Å². The number of nitrogens with zero attached hydrogens (tertiary/aromatic N) is 3. The predicted octanol–water partition coefficient (Wildman–Crippen LogP) is 5.88. The zero-order chi connectivity index (χ0) is 22.4. The van der Waals surface area contributed by atoms with Crippen LogP contribution in [0.1, 0.15) is 85.0 Å². The van der Waals surface area contributed by atoms with Gasteiger partial charge in [0.1, 0.15) is 0 Å². The van der Waals surface area contributed by atoms with Crippen molar-refractivity contribution < 1.29 is 14.6 Å². The number of aliphatic hydroxyl groups is 1. The van der Waals surface area contributed by atoms with Crippen molar-refractivity contribution in [2.75, 3.05) is 7.11 Å². The van der Waals surface area contributed by atoms with Crippen molar-refractivity contribution in [3.05, 3.63) is 10.4 Å². The number of azide groups is 1. The molecular formula is C25H41N3O3. The van der Waals surface area contributed by atoms with E-state index in [1.807, 2.05) is 0 Å². The molecule has 174 valence electrons. The van der Waals surface area contributed by atoms with Crippen LogP contribution in [0.2, 0.25) is 0 Å². The van der Waals surface area contributed by atoms with Gasteiger partial charge in [0.2, 0.25) is 0 Å². The smallest absolute Gasteiger partial charge is 0.305 e. The first kappa shape index (κ1) is 22.9. The molecule has 0 aromatic rings. The first-order chi connectivity index (χ1) is 14.7. The molecule has 3 unspecified atom stereocenters.